The molecular formula is C15H20O2. The smallest absolute Gasteiger partial charge is 0.158 e. The van der Waals surface area contributed by atoms with Crippen molar-refractivity contribution in [1.82, 2.24) is 0 Å². The molecule has 1 aromatic carbocycles. The van der Waals surface area contributed by atoms with Crippen molar-refractivity contribution in [3.63, 3.8) is 0 Å². The minimum Gasteiger partial charge on any atom is -0.498 e. The molecule has 0 unspecified atom stereocenters. The SMILES string of the molecule is CCO/C(CCc1ccccc1)=C(\C)C(C)=O. The lowest BCUT2D eigenvalue weighted by Gasteiger charge is -2.11. The second-order valence-corrected chi connectivity index (χ2v) is 4.02. The highest BCUT2D eigenvalue weighted by atomic mass is 16.5. The van der Waals surface area contributed by atoms with Crippen molar-refractivity contribution < 1.29 is 9.53 Å². The van der Waals surface area contributed by atoms with Gasteiger partial charge in [-0.2, -0.15) is 0 Å². The molecular weight excluding hydrogens is 212 g/mol. The monoisotopic (exact) mass is 232 g/mol. The first-order valence-electron chi connectivity index (χ1n) is 6.02. The Kier molecular flexibility index (Phi) is 5.47. The quantitative estimate of drug-likeness (QED) is 0.554. The van der Waals surface area contributed by atoms with E-state index in [1.165, 1.54) is 5.56 Å². The number of ketones is 1. The van der Waals surface area contributed by atoms with Gasteiger partial charge in [-0.25, -0.2) is 0 Å². The lowest BCUT2D eigenvalue weighted by Crippen LogP contribution is -2.03. The molecule has 0 atom stereocenters. The summed E-state index contributed by atoms with van der Waals surface area (Å²) in [5.41, 5.74) is 2.00. The fourth-order valence-electron chi connectivity index (χ4n) is 1.64. The first kappa shape index (κ1) is 13.5. The summed E-state index contributed by atoms with van der Waals surface area (Å²) in [5, 5.41) is 0. The Hall–Kier alpha value is -1.57. The topological polar surface area (TPSA) is 26.3 Å². The summed E-state index contributed by atoms with van der Waals surface area (Å²) in [5.74, 6) is 0.908. The average molecular weight is 232 g/mol. The highest BCUT2D eigenvalue weighted by Crippen LogP contribution is 2.15. The fraction of sp³-hybridized carbons (Fsp3) is 0.400. The van der Waals surface area contributed by atoms with E-state index in [0.717, 1.165) is 24.2 Å². The highest BCUT2D eigenvalue weighted by molar-refractivity contribution is 5.93. The molecule has 2 nitrogen and oxygen atoms in total. The average Bonchev–Trinajstić information content (AvgIpc) is 2.34. The molecule has 0 bridgehead atoms. The molecule has 0 aliphatic rings. The Morgan fingerprint density at radius 2 is 1.82 bits per heavy atom. The van der Waals surface area contributed by atoms with Crippen LogP contribution in [0.3, 0.4) is 0 Å². The van der Waals surface area contributed by atoms with Gasteiger partial charge < -0.3 is 4.74 Å². The van der Waals surface area contributed by atoms with Crippen LogP contribution in [0.2, 0.25) is 0 Å². The minimum atomic E-state index is 0.0847. The van der Waals surface area contributed by atoms with Crippen LogP contribution >= 0.6 is 0 Å². The molecule has 0 saturated carbocycles. The summed E-state index contributed by atoms with van der Waals surface area (Å²) in [6.45, 7) is 5.96. The third kappa shape index (κ3) is 4.43. The Morgan fingerprint density at radius 1 is 1.18 bits per heavy atom. The van der Waals surface area contributed by atoms with E-state index in [1.54, 1.807) is 6.92 Å². The summed E-state index contributed by atoms with van der Waals surface area (Å²) in [6, 6.07) is 10.2. The molecule has 0 radical (unpaired) electrons. The van der Waals surface area contributed by atoms with Crippen LogP contribution in [0.25, 0.3) is 0 Å². The maximum Gasteiger partial charge on any atom is 0.158 e. The molecule has 1 aromatic rings. The lowest BCUT2D eigenvalue weighted by molar-refractivity contribution is -0.113. The zero-order valence-electron chi connectivity index (χ0n) is 10.8. The highest BCUT2D eigenvalue weighted by Gasteiger charge is 2.08. The van der Waals surface area contributed by atoms with Crippen molar-refractivity contribution in [2.75, 3.05) is 6.61 Å². The Labute approximate surface area is 103 Å². The van der Waals surface area contributed by atoms with E-state index in [9.17, 15) is 4.79 Å². The molecule has 0 aliphatic heterocycles. The third-order valence-electron chi connectivity index (χ3n) is 2.75. The maximum absolute atomic E-state index is 11.3. The van der Waals surface area contributed by atoms with Crippen LogP contribution in [0, 0.1) is 0 Å². The van der Waals surface area contributed by atoms with Crippen LogP contribution in [-0.2, 0) is 16.0 Å². The van der Waals surface area contributed by atoms with Crippen LogP contribution in [0.4, 0.5) is 0 Å². The van der Waals surface area contributed by atoms with Crippen LogP contribution < -0.4 is 0 Å². The molecule has 92 valence electrons. The number of allylic oxidation sites excluding steroid dienone is 2. The fourth-order valence-corrected chi connectivity index (χ4v) is 1.64. The molecule has 0 heterocycles. The van der Waals surface area contributed by atoms with Crippen molar-refractivity contribution in [3.05, 3.63) is 47.2 Å². The largest absolute Gasteiger partial charge is 0.498 e. The number of Topliss-reactive ketones (excluding diaryl/α,β-unsaturated/α-hetero) is 1. The van der Waals surface area contributed by atoms with Crippen LogP contribution in [0.15, 0.2) is 41.7 Å². The van der Waals surface area contributed by atoms with E-state index in [4.69, 9.17) is 4.74 Å². The van der Waals surface area contributed by atoms with Gasteiger partial charge in [0.05, 0.1) is 6.61 Å². The molecule has 17 heavy (non-hydrogen) atoms. The second-order valence-electron chi connectivity index (χ2n) is 4.02. The standard InChI is InChI=1S/C15H20O2/c1-4-17-15(12(2)13(3)16)11-10-14-8-6-5-7-9-14/h5-9H,4,10-11H2,1-3H3/b15-12+. The van der Waals surface area contributed by atoms with Gasteiger partial charge in [-0.15, -0.1) is 0 Å². The maximum atomic E-state index is 11.3. The van der Waals surface area contributed by atoms with Gasteiger partial charge in [0.1, 0.15) is 5.76 Å². The van der Waals surface area contributed by atoms with Gasteiger partial charge in [0, 0.05) is 12.0 Å². The summed E-state index contributed by atoms with van der Waals surface area (Å²) in [4.78, 5) is 11.3. The molecule has 0 aromatic heterocycles. The molecule has 1 rings (SSSR count). The summed E-state index contributed by atoms with van der Waals surface area (Å²) < 4.78 is 5.55. The van der Waals surface area contributed by atoms with Gasteiger partial charge in [0.15, 0.2) is 5.78 Å². The number of hydrogen-bond acceptors (Lipinski definition) is 2. The van der Waals surface area contributed by atoms with Crippen molar-refractivity contribution in [2.45, 2.75) is 33.6 Å². The Balaban J connectivity index is 2.69. The molecule has 0 saturated heterocycles. The summed E-state index contributed by atoms with van der Waals surface area (Å²) in [7, 11) is 0. The van der Waals surface area contributed by atoms with E-state index in [1.807, 2.05) is 32.0 Å². The zero-order chi connectivity index (χ0) is 12.7. The van der Waals surface area contributed by atoms with E-state index in [-0.39, 0.29) is 5.78 Å². The van der Waals surface area contributed by atoms with Crippen molar-refractivity contribution >= 4 is 5.78 Å². The number of rotatable bonds is 6. The molecule has 2 heteroatoms. The van der Waals surface area contributed by atoms with Gasteiger partial charge in [-0.1, -0.05) is 30.3 Å². The van der Waals surface area contributed by atoms with Crippen LogP contribution in [0.5, 0.6) is 0 Å². The van der Waals surface area contributed by atoms with E-state index in [0.29, 0.717) is 6.61 Å². The van der Waals surface area contributed by atoms with Crippen molar-refractivity contribution in [2.24, 2.45) is 0 Å². The van der Waals surface area contributed by atoms with Gasteiger partial charge >= 0.3 is 0 Å². The Bertz CT molecular complexity index is 391. The first-order valence-corrected chi connectivity index (χ1v) is 6.02. The second kappa shape index (κ2) is 6.89. The van der Waals surface area contributed by atoms with E-state index in [2.05, 4.69) is 12.1 Å². The van der Waals surface area contributed by atoms with Crippen LogP contribution in [0.1, 0.15) is 32.8 Å². The van der Waals surface area contributed by atoms with Gasteiger partial charge in [-0.3, -0.25) is 4.79 Å². The Morgan fingerprint density at radius 3 is 2.35 bits per heavy atom. The van der Waals surface area contributed by atoms with Crippen LogP contribution in [-0.4, -0.2) is 12.4 Å². The third-order valence-corrected chi connectivity index (χ3v) is 2.75. The number of carbonyl (C=O) groups excluding carboxylic acids is 1. The molecule has 0 fully saturated rings. The van der Waals surface area contributed by atoms with E-state index >= 15 is 0 Å². The normalized spacial score (nSPS) is 11.9. The molecule has 0 N–H and O–H groups in total. The van der Waals surface area contributed by atoms with Gasteiger partial charge in [0.2, 0.25) is 0 Å². The van der Waals surface area contributed by atoms with Gasteiger partial charge in [0.25, 0.3) is 0 Å². The van der Waals surface area contributed by atoms with Gasteiger partial charge in [-0.05, 0) is 32.8 Å². The summed E-state index contributed by atoms with van der Waals surface area (Å²) >= 11 is 0. The number of aryl methyl sites for hydroxylation is 1. The minimum absolute atomic E-state index is 0.0847. The lowest BCUT2D eigenvalue weighted by atomic mass is 10.1. The predicted molar refractivity (Wildman–Crippen MR) is 69.8 cm³/mol. The number of benzene rings is 1. The van der Waals surface area contributed by atoms with Crippen molar-refractivity contribution in [3.8, 4) is 0 Å². The number of carbonyl (C=O) groups is 1. The zero-order valence-corrected chi connectivity index (χ0v) is 10.8. The summed E-state index contributed by atoms with van der Waals surface area (Å²) in [6.07, 6.45) is 1.68. The molecule has 0 amide bonds. The molecule has 0 aliphatic carbocycles. The van der Waals surface area contributed by atoms with Crippen molar-refractivity contribution in [1.29, 1.82) is 0 Å². The number of hydrogen-bond donors (Lipinski definition) is 0. The predicted octanol–water partition coefficient (Wildman–Crippen LogP) is 3.52. The molecule has 0 spiro atoms. The van der Waals surface area contributed by atoms with E-state index < -0.39 is 0 Å². The first-order chi connectivity index (χ1) is 8.15. The number of ether oxygens (including phenoxy) is 1.